The molecular weight excluding hydrogens is 250 g/mol. The van der Waals surface area contributed by atoms with E-state index in [1.165, 1.54) is 10.8 Å². The van der Waals surface area contributed by atoms with Crippen molar-refractivity contribution in [1.29, 1.82) is 0 Å². The van der Waals surface area contributed by atoms with E-state index < -0.39 is 0 Å². The SMILES string of the molecule is CCC(NC)c1nc(-c2ccc3ccccc3c2)no1. The lowest BCUT2D eigenvalue weighted by molar-refractivity contribution is 0.334. The molecule has 0 spiro atoms. The van der Waals surface area contributed by atoms with Crippen molar-refractivity contribution in [2.75, 3.05) is 7.05 Å². The fraction of sp³-hybridized carbons (Fsp3) is 0.250. The van der Waals surface area contributed by atoms with Gasteiger partial charge in [-0.25, -0.2) is 0 Å². The second kappa shape index (κ2) is 5.43. The van der Waals surface area contributed by atoms with Crippen LogP contribution in [0, 0.1) is 0 Å². The van der Waals surface area contributed by atoms with E-state index in [2.05, 4.69) is 46.6 Å². The lowest BCUT2D eigenvalue weighted by atomic mass is 10.1. The molecule has 102 valence electrons. The topological polar surface area (TPSA) is 51.0 Å². The molecule has 1 heterocycles. The van der Waals surface area contributed by atoms with Crippen molar-refractivity contribution in [3.05, 3.63) is 48.4 Å². The average Bonchev–Trinajstić information content (AvgIpc) is 2.98. The number of hydrogen-bond donors (Lipinski definition) is 1. The van der Waals surface area contributed by atoms with Gasteiger partial charge in [-0.1, -0.05) is 48.5 Å². The zero-order chi connectivity index (χ0) is 13.9. The van der Waals surface area contributed by atoms with Gasteiger partial charge < -0.3 is 9.84 Å². The highest BCUT2D eigenvalue weighted by Gasteiger charge is 2.16. The molecule has 0 aliphatic heterocycles. The summed E-state index contributed by atoms with van der Waals surface area (Å²) in [6, 6.07) is 14.5. The van der Waals surface area contributed by atoms with Gasteiger partial charge in [0, 0.05) is 5.56 Å². The Balaban J connectivity index is 1.98. The Morgan fingerprint density at radius 3 is 2.70 bits per heavy atom. The first-order valence-corrected chi connectivity index (χ1v) is 6.82. The zero-order valence-corrected chi connectivity index (χ0v) is 11.6. The third-order valence-corrected chi connectivity index (χ3v) is 3.50. The van der Waals surface area contributed by atoms with E-state index in [1.807, 2.05) is 25.2 Å². The van der Waals surface area contributed by atoms with Crippen molar-refractivity contribution in [1.82, 2.24) is 15.5 Å². The van der Waals surface area contributed by atoms with Crippen LogP contribution in [0.5, 0.6) is 0 Å². The standard InChI is InChI=1S/C16H17N3O/c1-3-14(17-2)16-18-15(19-20-16)13-9-8-11-6-4-5-7-12(11)10-13/h4-10,14,17H,3H2,1-2H3. The smallest absolute Gasteiger partial charge is 0.244 e. The highest BCUT2D eigenvalue weighted by molar-refractivity contribution is 5.86. The van der Waals surface area contributed by atoms with Crippen molar-refractivity contribution in [3.8, 4) is 11.4 Å². The molecule has 3 rings (SSSR count). The molecule has 0 radical (unpaired) electrons. The third-order valence-electron chi connectivity index (χ3n) is 3.50. The van der Waals surface area contributed by atoms with Crippen molar-refractivity contribution in [3.63, 3.8) is 0 Å². The molecule has 0 aliphatic rings. The number of nitrogens with zero attached hydrogens (tertiary/aromatic N) is 2. The van der Waals surface area contributed by atoms with Gasteiger partial charge in [-0.3, -0.25) is 0 Å². The van der Waals surface area contributed by atoms with Crippen molar-refractivity contribution < 1.29 is 4.52 Å². The normalized spacial score (nSPS) is 12.7. The van der Waals surface area contributed by atoms with Crippen LogP contribution in [-0.4, -0.2) is 17.2 Å². The van der Waals surface area contributed by atoms with Crippen LogP contribution in [0.15, 0.2) is 47.0 Å². The number of hydrogen-bond acceptors (Lipinski definition) is 4. The summed E-state index contributed by atoms with van der Waals surface area (Å²) < 4.78 is 5.35. The first-order chi connectivity index (χ1) is 9.81. The van der Waals surface area contributed by atoms with Crippen LogP contribution in [0.1, 0.15) is 25.3 Å². The van der Waals surface area contributed by atoms with E-state index in [0.717, 1.165) is 12.0 Å². The highest BCUT2D eigenvalue weighted by atomic mass is 16.5. The van der Waals surface area contributed by atoms with Crippen LogP contribution in [0.25, 0.3) is 22.2 Å². The van der Waals surface area contributed by atoms with E-state index in [9.17, 15) is 0 Å². The minimum absolute atomic E-state index is 0.108. The first-order valence-electron chi connectivity index (χ1n) is 6.82. The van der Waals surface area contributed by atoms with Gasteiger partial charge >= 0.3 is 0 Å². The molecule has 4 heteroatoms. The maximum absolute atomic E-state index is 5.35. The number of nitrogens with one attached hydrogen (secondary N) is 1. The molecular formula is C16H17N3O. The molecule has 2 aromatic carbocycles. The molecule has 20 heavy (non-hydrogen) atoms. The molecule has 1 unspecified atom stereocenters. The number of benzene rings is 2. The second-order valence-corrected chi connectivity index (χ2v) is 4.77. The van der Waals surface area contributed by atoms with Gasteiger partial charge in [0.2, 0.25) is 11.7 Å². The second-order valence-electron chi connectivity index (χ2n) is 4.77. The Hall–Kier alpha value is -2.20. The van der Waals surface area contributed by atoms with Gasteiger partial charge in [-0.05, 0) is 30.3 Å². The van der Waals surface area contributed by atoms with Crippen molar-refractivity contribution >= 4 is 10.8 Å². The van der Waals surface area contributed by atoms with Crippen LogP contribution in [0.4, 0.5) is 0 Å². The van der Waals surface area contributed by atoms with Crippen LogP contribution in [0.3, 0.4) is 0 Å². The van der Waals surface area contributed by atoms with E-state index in [4.69, 9.17) is 4.52 Å². The summed E-state index contributed by atoms with van der Waals surface area (Å²) in [6.07, 6.45) is 0.913. The molecule has 1 atom stereocenters. The van der Waals surface area contributed by atoms with Crippen LogP contribution >= 0.6 is 0 Å². The molecule has 1 N–H and O–H groups in total. The average molecular weight is 267 g/mol. The maximum Gasteiger partial charge on any atom is 0.244 e. The largest absolute Gasteiger partial charge is 0.337 e. The molecule has 0 saturated carbocycles. The monoisotopic (exact) mass is 267 g/mol. The summed E-state index contributed by atoms with van der Waals surface area (Å²) in [5.41, 5.74) is 0.977. The molecule has 0 bridgehead atoms. The number of rotatable bonds is 4. The lowest BCUT2D eigenvalue weighted by Crippen LogP contribution is -2.15. The Kier molecular flexibility index (Phi) is 3.48. The minimum Gasteiger partial charge on any atom is -0.337 e. The Morgan fingerprint density at radius 1 is 1.15 bits per heavy atom. The van der Waals surface area contributed by atoms with Crippen LogP contribution in [-0.2, 0) is 0 Å². The Bertz CT molecular complexity index is 716. The van der Waals surface area contributed by atoms with Gasteiger partial charge in [0.15, 0.2) is 0 Å². The summed E-state index contributed by atoms with van der Waals surface area (Å²) in [4.78, 5) is 4.49. The van der Waals surface area contributed by atoms with Gasteiger partial charge in [0.1, 0.15) is 0 Å². The van der Waals surface area contributed by atoms with Gasteiger partial charge in [-0.2, -0.15) is 4.98 Å². The summed E-state index contributed by atoms with van der Waals surface area (Å²) in [6.45, 7) is 2.08. The summed E-state index contributed by atoms with van der Waals surface area (Å²) in [7, 11) is 1.90. The first kappa shape index (κ1) is 12.8. The maximum atomic E-state index is 5.35. The summed E-state index contributed by atoms with van der Waals surface area (Å²) in [5, 5.41) is 9.64. The summed E-state index contributed by atoms with van der Waals surface area (Å²) in [5.74, 6) is 1.28. The molecule has 1 aromatic heterocycles. The fourth-order valence-corrected chi connectivity index (χ4v) is 2.32. The van der Waals surface area contributed by atoms with E-state index in [1.54, 1.807) is 0 Å². The molecule has 0 amide bonds. The van der Waals surface area contributed by atoms with E-state index in [-0.39, 0.29) is 6.04 Å². The lowest BCUT2D eigenvalue weighted by Gasteiger charge is -2.06. The highest BCUT2D eigenvalue weighted by Crippen LogP contribution is 2.24. The molecule has 4 nitrogen and oxygen atoms in total. The van der Waals surface area contributed by atoms with Crippen molar-refractivity contribution in [2.45, 2.75) is 19.4 Å². The van der Waals surface area contributed by atoms with E-state index >= 15 is 0 Å². The fourth-order valence-electron chi connectivity index (χ4n) is 2.32. The van der Waals surface area contributed by atoms with Crippen LogP contribution < -0.4 is 5.32 Å². The van der Waals surface area contributed by atoms with E-state index in [0.29, 0.717) is 11.7 Å². The van der Waals surface area contributed by atoms with Crippen LogP contribution in [0.2, 0.25) is 0 Å². The molecule has 0 saturated heterocycles. The third kappa shape index (κ3) is 2.30. The zero-order valence-electron chi connectivity index (χ0n) is 11.6. The minimum atomic E-state index is 0.108. The van der Waals surface area contributed by atoms with Gasteiger partial charge in [-0.15, -0.1) is 0 Å². The van der Waals surface area contributed by atoms with Gasteiger partial charge in [0.25, 0.3) is 0 Å². The molecule has 0 fully saturated rings. The summed E-state index contributed by atoms with van der Waals surface area (Å²) >= 11 is 0. The van der Waals surface area contributed by atoms with Crippen molar-refractivity contribution in [2.24, 2.45) is 0 Å². The predicted molar refractivity (Wildman–Crippen MR) is 79.3 cm³/mol. The quantitative estimate of drug-likeness (QED) is 0.785. The number of aromatic nitrogens is 2. The Labute approximate surface area is 117 Å². The predicted octanol–water partition coefficient (Wildman–Crippen LogP) is 3.56. The molecule has 3 aromatic rings. The van der Waals surface area contributed by atoms with Gasteiger partial charge in [0.05, 0.1) is 6.04 Å². The number of fused-ring (bicyclic) bond motifs is 1. The Morgan fingerprint density at radius 2 is 1.95 bits per heavy atom. The molecule has 0 aliphatic carbocycles.